The Kier molecular flexibility index (Phi) is 5.30. The summed E-state index contributed by atoms with van der Waals surface area (Å²) in [6.07, 6.45) is 2.42. The molecule has 0 amide bonds. The molecule has 5 nitrogen and oxygen atoms in total. The highest BCUT2D eigenvalue weighted by Crippen LogP contribution is 2.38. The van der Waals surface area contributed by atoms with E-state index in [4.69, 9.17) is 4.98 Å². The van der Waals surface area contributed by atoms with Gasteiger partial charge >= 0.3 is 0 Å². The van der Waals surface area contributed by atoms with Crippen LogP contribution in [0.2, 0.25) is 0 Å². The van der Waals surface area contributed by atoms with Crippen LogP contribution in [0.4, 0.5) is 0 Å². The second-order valence-corrected chi connectivity index (χ2v) is 9.92. The number of rotatable bonds is 7. The van der Waals surface area contributed by atoms with Gasteiger partial charge in [0.25, 0.3) is 0 Å². The Morgan fingerprint density at radius 3 is 2.43 bits per heavy atom. The smallest absolute Gasteiger partial charge is 0.210 e. The molecule has 1 aliphatic carbocycles. The number of aromatic nitrogens is 4. The number of nitrogens with zero attached hydrogens (tertiary/aromatic N) is 4. The van der Waals surface area contributed by atoms with Gasteiger partial charge in [-0.3, -0.25) is 4.79 Å². The monoisotopic (exact) mass is 452 g/mol. The molecule has 8 heteroatoms. The van der Waals surface area contributed by atoms with Gasteiger partial charge in [-0.1, -0.05) is 11.8 Å². The van der Waals surface area contributed by atoms with Crippen molar-refractivity contribution in [2.75, 3.05) is 5.75 Å². The van der Waals surface area contributed by atoms with Crippen LogP contribution in [0.15, 0.2) is 44.9 Å². The summed E-state index contributed by atoms with van der Waals surface area (Å²) in [7, 11) is 0. The molecule has 0 N–H and O–H groups in total. The van der Waals surface area contributed by atoms with Crippen LogP contribution in [0.3, 0.4) is 0 Å². The molecule has 152 valence electrons. The zero-order valence-electron chi connectivity index (χ0n) is 16.7. The van der Waals surface area contributed by atoms with E-state index in [0.717, 1.165) is 33.8 Å². The average molecular weight is 453 g/mol. The van der Waals surface area contributed by atoms with Gasteiger partial charge in [0.15, 0.2) is 5.78 Å². The number of aryl methyl sites for hydroxylation is 1. The van der Waals surface area contributed by atoms with Crippen LogP contribution in [-0.4, -0.2) is 31.3 Å². The van der Waals surface area contributed by atoms with Crippen LogP contribution < -0.4 is 0 Å². The maximum Gasteiger partial charge on any atom is 0.210 e. The number of thioether (sulfide) groups is 1. The van der Waals surface area contributed by atoms with Gasteiger partial charge in [0.2, 0.25) is 5.16 Å². The second kappa shape index (κ2) is 8.09. The van der Waals surface area contributed by atoms with E-state index in [1.54, 1.807) is 22.7 Å². The normalized spacial score (nSPS) is 13.7. The Morgan fingerprint density at radius 1 is 1.10 bits per heavy atom. The molecule has 0 saturated heterocycles. The van der Waals surface area contributed by atoms with Crippen molar-refractivity contribution in [1.82, 2.24) is 19.7 Å². The summed E-state index contributed by atoms with van der Waals surface area (Å²) in [6, 6.07) is 6.66. The summed E-state index contributed by atoms with van der Waals surface area (Å²) in [5.74, 6) is 0.417. The lowest BCUT2D eigenvalue weighted by atomic mass is 10.1. The van der Waals surface area contributed by atoms with E-state index < -0.39 is 0 Å². The summed E-state index contributed by atoms with van der Waals surface area (Å²) < 4.78 is 2.31. The third-order valence-electron chi connectivity index (χ3n) is 5.29. The number of carbonyl (C=O) groups is 1. The summed E-state index contributed by atoms with van der Waals surface area (Å²) >= 11 is 4.60. The van der Waals surface area contributed by atoms with Crippen molar-refractivity contribution >= 4 is 40.2 Å². The van der Waals surface area contributed by atoms with E-state index in [9.17, 15) is 4.79 Å². The van der Waals surface area contributed by atoms with Gasteiger partial charge in [0.1, 0.15) is 11.4 Å². The van der Waals surface area contributed by atoms with Crippen LogP contribution in [0.5, 0.6) is 0 Å². The molecule has 30 heavy (non-hydrogen) atoms. The Hall–Kier alpha value is -2.29. The number of Topliss-reactive ketones (excluding diaryl/α,β-unsaturated/α-hetero) is 1. The Bertz CT molecular complexity index is 1190. The number of hydrogen-bond donors (Lipinski definition) is 0. The summed E-state index contributed by atoms with van der Waals surface area (Å²) in [5.41, 5.74) is 6.68. The van der Waals surface area contributed by atoms with Gasteiger partial charge in [-0.05, 0) is 55.6 Å². The molecule has 0 spiro atoms. The van der Waals surface area contributed by atoms with Crippen molar-refractivity contribution in [2.45, 2.75) is 37.9 Å². The minimum Gasteiger partial charge on any atom is -0.345 e. The lowest BCUT2D eigenvalue weighted by molar-refractivity contribution is 0.102. The SMILES string of the molecule is Cc1cc(C(=O)CSc2nnc(-c3ccsc3)c(-c3ccsc3)n2)c(C)n1C1CC1. The first-order valence-corrected chi connectivity index (χ1v) is 12.6. The quantitative estimate of drug-likeness (QED) is 0.252. The van der Waals surface area contributed by atoms with Gasteiger partial charge in [-0.2, -0.15) is 22.7 Å². The van der Waals surface area contributed by atoms with Crippen molar-refractivity contribution in [3.05, 3.63) is 56.7 Å². The maximum atomic E-state index is 12.9. The Labute approximate surface area is 187 Å². The number of hydrogen-bond acceptors (Lipinski definition) is 7. The highest BCUT2D eigenvalue weighted by Gasteiger charge is 2.28. The van der Waals surface area contributed by atoms with Crippen molar-refractivity contribution in [3.63, 3.8) is 0 Å². The van der Waals surface area contributed by atoms with E-state index in [0.29, 0.717) is 17.0 Å². The molecule has 0 atom stereocenters. The Balaban J connectivity index is 1.39. The van der Waals surface area contributed by atoms with Gasteiger partial charge in [0.05, 0.1) is 5.75 Å². The lowest BCUT2D eigenvalue weighted by Crippen LogP contribution is -2.07. The van der Waals surface area contributed by atoms with Crippen LogP contribution in [0.25, 0.3) is 22.5 Å². The zero-order chi connectivity index (χ0) is 20.7. The molecule has 1 saturated carbocycles. The third kappa shape index (κ3) is 3.75. The minimum atomic E-state index is 0.114. The van der Waals surface area contributed by atoms with Gasteiger partial charge in [-0.15, -0.1) is 10.2 Å². The van der Waals surface area contributed by atoms with E-state index >= 15 is 0 Å². The van der Waals surface area contributed by atoms with Crippen molar-refractivity contribution in [2.24, 2.45) is 0 Å². The molecule has 4 heterocycles. The molecule has 0 unspecified atom stereocenters. The molecule has 0 aliphatic heterocycles. The van der Waals surface area contributed by atoms with Gasteiger partial charge < -0.3 is 4.57 Å². The number of thiophene rings is 2. The van der Waals surface area contributed by atoms with Crippen molar-refractivity contribution in [1.29, 1.82) is 0 Å². The third-order valence-corrected chi connectivity index (χ3v) is 7.49. The number of ketones is 1. The summed E-state index contributed by atoms with van der Waals surface area (Å²) in [5, 5.41) is 17.5. The molecule has 0 aromatic carbocycles. The predicted octanol–water partition coefficient (Wildman–Crippen LogP) is 6.06. The highest BCUT2D eigenvalue weighted by atomic mass is 32.2. The lowest BCUT2D eigenvalue weighted by Gasteiger charge is -2.08. The van der Waals surface area contributed by atoms with Crippen LogP contribution in [0, 0.1) is 13.8 Å². The Morgan fingerprint density at radius 2 is 1.80 bits per heavy atom. The molecule has 5 rings (SSSR count). The largest absolute Gasteiger partial charge is 0.345 e. The van der Waals surface area contributed by atoms with E-state index in [1.807, 2.05) is 41.3 Å². The molecule has 4 aromatic rings. The second-order valence-electron chi connectivity index (χ2n) is 7.41. The minimum absolute atomic E-state index is 0.114. The molecular weight excluding hydrogens is 432 g/mol. The standard InChI is InChI=1S/C22H20N4OS3/c1-13-9-18(14(2)26(13)17-3-4-17)19(27)12-30-22-23-20(15-5-7-28-10-15)21(24-25-22)16-6-8-29-11-16/h5-11,17H,3-4,12H2,1-2H3. The summed E-state index contributed by atoms with van der Waals surface area (Å²) in [4.78, 5) is 17.7. The van der Waals surface area contributed by atoms with Crippen LogP contribution >= 0.6 is 34.4 Å². The zero-order valence-corrected chi connectivity index (χ0v) is 19.1. The fourth-order valence-corrected chi connectivity index (χ4v) is 5.68. The van der Waals surface area contributed by atoms with Crippen LogP contribution in [-0.2, 0) is 0 Å². The first kappa shape index (κ1) is 19.7. The molecule has 1 fully saturated rings. The maximum absolute atomic E-state index is 12.9. The van der Waals surface area contributed by atoms with Crippen molar-refractivity contribution < 1.29 is 4.79 Å². The fourth-order valence-electron chi connectivity index (χ4n) is 3.73. The topological polar surface area (TPSA) is 60.7 Å². The van der Waals surface area contributed by atoms with Crippen molar-refractivity contribution in [3.8, 4) is 22.5 Å². The first-order valence-electron chi connectivity index (χ1n) is 9.76. The van der Waals surface area contributed by atoms with Gasteiger partial charge in [0, 0.05) is 44.9 Å². The van der Waals surface area contributed by atoms with Crippen LogP contribution in [0.1, 0.15) is 40.6 Å². The van der Waals surface area contributed by atoms with E-state index in [1.165, 1.54) is 30.3 Å². The predicted molar refractivity (Wildman–Crippen MR) is 124 cm³/mol. The molecule has 1 aliphatic rings. The number of carbonyl (C=O) groups excluding carboxylic acids is 1. The highest BCUT2D eigenvalue weighted by molar-refractivity contribution is 7.99. The fraction of sp³-hybridized carbons (Fsp3) is 0.273. The summed E-state index contributed by atoms with van der Waals surface area (Å²) in [6.45, 7) is 4.13. The molecule has 0 radical (unpaired) electrons. The first-order chi connectivity index (χ1) is 14.6. The average Bonchev–Trinajstić information content (AvgIpc) is 3.16. The molecule has 4 aromatic heterocycles. The molecular formula is C22H20N4OS3. The van der Waals surface area contributed by atoms with E-state index in [2.05, 4.69) is 27.1 Å². The van der Waals surface area contributed by atoms with E-state index in [-0.39, 0.29) is 5.78 Å². The molecule has 0 bridgehead atoms. The van der Waals surface area contributed by atoms with Gasteiger partial charge in [-0.25, -0.2) is 4.98 Å².